The maximum Gasteiger partial charge on any atom is 0.274 e. The molecule has 3 aromatic rings. The van der Waals surface area contributed by atoms with Gasteiger partial charge in [0, 0.05) is 19.8 Å². The van der Waals surface area contributed by atoms with Gasteiger partial charge in [-0.2, -0.15) is 0 Å². The van der Waals surface area contributed by atoms with E-state index in [1.165, 1.54) is 0 Å². The Morgan fingerprint density at radius 1 is 1.21 bits per heavy atom. The van der Waals surface area contributed by atoms with E-state index in [1.54, 1.807) is 23.3 Å². The molecular formula is C15H14N2OS. The summed E-state index contributed by atoms with van der Waals surface area (Å²) in [5.41, 5.74) is 2.72. The molecule has 2 heterocycles. The number of aryl methyl sites for hydroxylation is 1. The van der Waals surface area contributed by atoms with Gasteiger partial charge in [-0.1, -0.05) is 18.2 Å². The molecule has 0 unspecified atom stereocenters. The smallest absolute Gasteiger partial charge is 0.274 e. The summed E-state index contributed by atoms with van der Waals surface area (Å²) in [6, 6.07) is 13.7. The molecule has 0 saturated heterocycles. The number of carbonyl (C=O) groups is 1. The van der Waals surface area contributed by atoms with E-state index < -0.39 is 0 Å². The summed E-state index contributed by atoms with van der Waals surface area (Å²) in [5.74, 6) is 0.0112. The predicted octanol–water partition coefficient (Wildman–Crippen LogP) is 3.52. The maximum atomic E-state index is 12.5. The molecule has 0 spiro atoms. The second-order valence-corrected chi connectivity index (χ2v) is 5.41. The molecule has 1 amide bonds. The number of thiophene rings is 1. The van der Waals surface area contributed by atoms with E-state index >= 15 is 0 Å². The highest BCUT2D eigenvalue weighted by Crippen LogP contribution is 2.25. The number of nitrogens with zero attached hydrogens (tertiary/aromatic N) is 2. The van der Waals surface area contributed by atoms with Crippen molar-refractivity contribution in [3.8, 4) is 0 Å². The van der Waals surface area contributed by atoms with Crippen LogP contribution in [0.1, 0.15) is 10.5 Å². The van der Waals surface area contributed by atoms with Crippen LogP contribution in [0.15, 0.2) is 47.8 Å². The first-order chi connectivity index (χ1) is 9.18. The zero-order chi connectivity index (χ0) is 13.4. The molecule has 19 heavy (non-hydrogen) atoms. The lowest BCUT2D eigenvalue weighted by molar-refractivity contribution is 0.0985. The molecule has 2 aromatic heterocycles. The van der Waals surface area contributed by atoms with E-state index in [1.807, 2.05) is 59.5 Å². The van der Waals surface area contributed by atoms with E-state index in [-0.39, 0.29) is 5.91 Å². The highest BCUT2D eigenvalue weighted by molar-refractivity contribution is 7.17. The Hall–Kier alpha value is -2.07. The van der Waals surface area contributed by atoms with E-state index in [2.05, 4.69) is 0 Å². The fraction of sp³-hybridized carbons (Fsp3) is 0.133. The summed E-state index contributed by atoms with van der Waals surface area (Å²) < 4.78 is 3.10. The van der Waals surface area contributed by atoms with Crippen molar-refractivity contribution in [2.45, 2.75) is 0 Å². The lowest BCUT2D eigenvalue weighted by Gasteiger charge is -2.17. The first kappa shape index (κ1) is 12.0. The van der Waals surface area contributed by atoms with Crippen molar-refractivity contribution in [1.29, 1.82) is 0 Å². The largest absolute Gasteiger partial charge is 0.339 e. The van der Waals surface area contributed by atoms with E-state index in [0.717, 1.165) is 15.9 Å². The number of carbonyl (C=O) groups excluding carboxylic acids is 1. The summed E-state index contributed by atoms with van der Waals surface area (Å²) in [6.45, 7) is 0. The molecule has 1 aromatic carbocycles. The normalized spacial score (nSPS) is 10.8. The summed E-state index contributed by atoms with van der Waals surface area (Å²) in [7, 11) is 3.74. The van der Waals surface area contributed by atoms with Crippen LogP contribution in [0.25, 0.3) is 10.2 Å². The van der Waals surface area contributed by atoms with Crippen molar-refractivity contribution >= 4 is 33.1 Å². The van der Waals surface area contributed by atoms with Crippen molar-refractivity contribution in [2.75, 3.05) is 11.9 Å². The van der Waals surface area contributed by atoms with Crippen LogP contribution in [-0.4, -0.2) is 17.5 Å². The minimum absolute atomic E-state index is 0.0112. The Kier molecular flexibility index (Phi) is 2.87. The van der Waals surface area contributed by atoms with Crippen molar-refractivity contribution in [3.63, 3.8) is 0 Å². The number of para-hydroxylation sites is 1. The molecule has 0 bridgehead atoms. The van der Waals surface area contributed by atoms with Gasteiger partial charge in [0.05, 0.1) is 10.2 Å². The SMILES string of the molecule is CN(C(=O)c1cc2sccc2n1C)c1ccccc1. The summed E-state index contributed by atoms with van der Waals surface area (Å²) >= 11 is 1.66. The second-order valence-electron chi connectivity index (χ2n) is 4.46. The van der Waals surface area contributed by atoms with Gasteiger partial charge in [0.1, 0.15) is 5.69 Å². The average molecular weight is 270 g/mol. The molecule has 0 aliphatic heterocycles. The number of rotatable bonds is 2. The molecule has 0 fully saturated rings. The van der Waals surface area contributed by atoms with Gasteiger partial charge in [-0.15, -0.1) is 11.3 Å². The minimum atomic E-state index is 0.0112. The van der Waals surface area contributed by atoms with E-state index in [4.69, 9.17) is 0 Å². The molecule has 0 radical (unpaired) electrons. The Morgan fingerprint density at radius 2 is 1.95 bits per heavy atom. The van der Waals surface area contributed by atoms with Gasteiger partial charge in [-0.3, -0.25) is 4.79 Å². The Bertz CT molecular complexity index is 727. The molecule has 0 aliphatic rings. The van der Waals surface area contributed by atoms with Crippen molar-refractivity contribution in [3.05, 3.63) is 53.5 Å². The van der Waals surface area contributed by atoms with Crippen LogP contribution in [-0.2, 0) is 7.05 Å². The number of hydrogen-bond acceptors (Lipinski definition) is 2. The van der Waals surface area contributed by atoms with Crippen LogP contribution in [0.2, 0.25) is 0 Å². The van der Waals surface area contributed by atoms with Crippen LogP contribution < -0.4 is 4.90 Å². The Labute approximate surface area is 115 Å². The van der Waals surface area contributed by atoms with E-state index in [0.29, 0.717) is 5.69 Å². The van der Waals surface area contributed by atoms with Crippen LogP contribution >= 0.6 is 11.3 Å². The van der Waals surface area contributed by atoms with Gasteiger partial charge in [0.25, 0.3) is 5.91 Å². The highest BCUT2D eigenvalue weighted by Gasteiger charge is 2.18. The molecule has 0 saturated carbocycles. The quantitative estimate of drug-likeness (QED) is 0.699. The monoisotopic (exact) mass is 270 g/mol. The zero-order valence-electron chi connectivity index (χ0n) is 10.8. The van der Waals surface area contributed by atoms with Crippen molar-refractivity contribution in [2.24, 2.45) is 7.05 Å². The maximum absolute atomic E-state index is 12.5. The lowest BCUT2D eigenvalue weighted by atomic mass is 10.3. The highest BCUT2D eigenvalue weighted by atomic mass is 32.1. The third kappa shape index (κ3) is 1.94. The first-order valence-corrected chi connectivity index (χ1v) is 6.92. The fourth-order valence-corrected chi connectivity index (χ4v) is 3.04. The number of fused-ring (bicyclic) bond motifs is 1. The third-order valence-electron chi connectivity index (χ3n) is 3.33. The fourth-order valence-electron chi connectivity index (χ4n) is 2.20. The average Bonchev–Trinajstić information content (AvgIpc) is 3.02. The van der Waals surface area contributed by atoms with Crippen molar-refractivity contribution in [1.82, 2.24) is 4.57 Å². The van der Waals surface area contributed by atoms with Crippen LogP contribution in [0.5, 0.6) is 0 Å². The molecular weight excluding hydrogens is 256 g/mol. The zero-order valence-corrected chi connectivity index (χ0v) is 11.6. The number of anilines is 1. The van der Waals surface area contributed by atoms with Gasteiger partial charge >= 0.3 is 0 Å². The molecule has 0 aliphatic carbocycles. The lowest BCUT2D eigenvalue weighted by Crippen LogP contribution is -2.27. The first-order valence-electron chi connectivity index (χ1n) is 6.04. The van der Waals surface area contributed by atoms with Gasteiger partial charge in [-0.05, 0) is 29.6 Å². The summed E-state index contributed by atoms with van der Waals surface area (Å²) in [5, 5.41) is 2.04. The van der Waals surface area contributed by atoms with Crippen molar-refractivity contribution < 1.29 is 4.79 Å². The topological polar surface area (TPSA) is 25.2 Å². The van der Waals surface area contributed by atoms with E-state index in [9.17, 15) is 4.79 Å². The molecule has 0 N–H and O–H groups in total. The molecule has 96 valence electrons. The summed E-state index contributed by atoms with van der Waals surface area (Å²) in [4.78, 5) is 14.2. The molecule has 3 nitrogen and oxygen atoms in total. The van der Waals surface area contributed by atoms with Gasteiger partial charge in [0.15, 0.2) is 0 Å². The van der Waals surface area contributed by atoms with Crippen LogP contribution in [0.3, 0.4) is 0 Å². The Morgan fingerprint density at radius 3 is 2.63 bits per heavy atom. The Balaban J connectivity index is 2.00. The van der Waals surface area contributed by atoms with Gasteiger partial charge < -0.3 is 9.47 Å². The second kappa shape index (κ2) is 4.55. The molecule has 4 heteroatoms. The third-order valence-corrected chi connectivity index (χ3v) is 4.18. The predicted molar refractivity (Wildman–Crippen MR) is 80.0 cm³/mol. The summed E-state index contributed by atoms with van der Waals surface area (Å²) in [6.07, 6.45) is 0. The standard InChI is InChI=1S/C15H14N2OS/c1-16(11-6-4-3-5-7-11)15(18)13-10-14-12(17(13)2)8-9-19-14/h3-10H,1-2H3. The number of aromatic nitrogens is 1. The number of benzene rings is 1. The number of amides is 1. The van der Waals surface area contributed by atoms with Crippen LogP contribution in [0, 0.1) is 0 Å². The molecule has 0 atom stereocenters. The minimum Gasteiger partial charge on any atom is -0.339 e. The van der Waals surface area contributed by atoms with Gasteiger partial charge in [-0.25, -0.2) is 0 Å². The number of hydrogen-bond donors (Lipinski definition) is 0. The van der Waals surface area contributed by atoms with Crippen LogP contribution in [0.4, 0.5) is 5.69 Å². The molecule has 3 rings (SSSR count). The van der Waals surface area contributed by atoms with Gasteiger partial charge in [0.2, 0.25) is 0 Å².